The van der Waals surface area contributed by atoms with E-state index in [4.69, 9.17) is 4.42 Å². The molecule has 1 aromatic carbocycles. The number of rotatable bonds is 2. The number of aromatic nitrogens is 3. The summed E-state index contributed by atoms with van der Waals surface area (Å²) in [7, 11) is 0. The van der Waals surface area contributed by atoms with E-state index in [1.54, 1.807) is 17.1 Å². The molecular weight excluding hydrogens is 218 g/mol. The molecular formula is C12H9N3O2. The lowest BCUT2D eigenvalue weighted by Gasteiger charge is -2.02. The Morgan fingerprint density at radius 1 is 1.29 bits per heavy atom. The van der Waals surface area contributed by atoms with Gasteiger partial charge in [-0.25, -0.2) is 9.67 Å². The first-order valence-electron chi connectivity index (χ1n) is 5.16. The normalized spacial score (nSPS) is 10.8. The summed E-state index contributed by atoms with van der Waals surface area (Å²) < 4.78 is 7.02. The Morgan fingerprint density at radius 2 is 2.24 bits per heavy atom. The minimum absolute atomic E-state index is 0.0291. The predicted molar refractivity (Wildman–Crippen MR) is 61.6 cm³/mol. The molecule has 0 spiro atoms. The summed E-state index contributed by atoms with van der Waals surface area (Å²) in [5.41, 5.74) is 1.58. The fourth-order valence-electron chi connectivity index (χ4n) is 1.73. The molecule has 3 rings (SSSR count). The standard InChI is InChI=1S/C12H9N3O2/c16-11-3-4-17-12-5-9(1-2-10(11)12)6-15-8-13-7-14-15/h1-5,7-8H,6H2. The van der Waals surface area contributed by atoms with E-state index in [2.05, 4.69) is 10.1 Å². The molecule has 0 N–H and O–H groups in total. The van der Waals surface area contributed by atoms with Crippen molar-refractivity contribution < 1.29 is 4.42 Å². The van der Waals surface area contributed by atoms with Gasteiger partial charge in [-0.1, -0.05) is 6.07 Å². The van der Waals surface area contributed by atoms with E-state index in [0.29, 0.717) is 17.5 Å². The summed E-state index contributed by atoms with van der Waals surface area (Å²) in [5, 5.41) is 4.61. The van der Waals surface area contributed by atoms with Gasteiger partial charge in [-0.2, -0.15) is 5.10 Å². The average molecular weight is 227 g/mol. The minimum Gasteiger partial charge on any atom is -0.464 e. The van der Waals surface area contributed by atoms with Crippen LogP contribution in [-0.4, -0.2) is 14.8 Å². The van der Waals surface area contributed by atoms with Crippen LogP contribution in [0.15, 0.2) is 52.4 Å². The van der Waals surface area contributed by atoms with Crippen LogP contribution in [0.3, 0.4) is 0 Å². The van der Waals surface area contributed by atoms with Crippen molar-refractivity contribution in [2.24, 2.45) is 0 Å². The van der Waals surface area contributed by atoms with Crippen molar-refractivity contribution in [3.05, 3.63) is 59.0 Å². The summed E-state index contributed by atoms with van der Waals surface area (Å²) in [4.78, 5) is 15.4. The molecule has 0 aliphatic carbocycles. The maximum Gasteiger partial charge on any atom is 0.192 e. The van der Waals surface area contributed by atoms with E-state index in [0.717, 1.165) is 5.56 Å². The van der Waals surface area contributed by atoms with E-state index in [1.165, 1.54) is 18.7 Å². The van der Waals surface area contributed by atoms with Crippen LogP contribution >= 0.6 is 0 Å². The van der Waals surface area contributed by atoms with Crippen LogP contribution < -0.4 is 5.43 Å². The molecule has 0 saturated carbocycles. The second kappa shape index (κ2) is 3.86. The highest BCUT2D eigenvalue weighted by atomic mass is 16.3. The number of benzene rings is 1. The Labute approximate surface area is 96.3 Å². The van der Waals surface area contributed by atoms with Gasteiger partial charge in [0.2, 0.25) is 0 Å². The molecule has 17 heavy (non-hydrogen) atoms. The monoisotopic (exact) mass is 227 g/mol. The van der Waals surface area contributed by atoms with Gasteiger partial charge in [-0.05, 0) is 17.7 Å². The first-order valence-corrected chi connectivity index (χ1v) is 5.16. The summed E-state index contributed by atoms with van der Waals surface area (Å²) in [6.45, 7) is 0.606. The van der Waals surface area contributed by atoms with Crippen molar-refractivity contribution in [1.82, 2.24) is 14.8 Å². The number of hydrogen-bond acceptors (Lipinski definition) is 4. The molecule has 0 bridgehead atoms. The summed E-state index contributed by atoms with van der Waals surface area (Å²) in [5.74, 6) is 0. The maximum atomic E-state index is 11.5. The van der Waals surface area contributed by atoms with Crippen LogP contribution in [-0.2, 0) is 6.54 Å². The van der Waals surface area contributed by atoms with Gasteiger partial charge in [0.1, 0.15) is 18.2 Å². The summed E-state index contributed by atoms with van der Waals surface area (Å²) in [6.07, 6.45) is 4.54. The molecule has 2 aromatic heterocycles. The predicted octanol–water partition coefficient (Wildman–Crippen LogP) is 1.43. The van der Waals surface area contributed by atoms with Crippen LogP contribution in [0.5, 0.6) is 0 Å². The second-order valence-corrected chi connectivity index (χ2v) is 3.71. The van der Waals surface area contributed by atoms with Gasteiger partial charge in [0.15, 0.2) is 5.43 Å². The molecule has 0 saturated heterocycles. The Hall–Kier alpha value is -2.43. The molecule has 0 atom stereocenters. The van der Waals surface area contributed by atoms with Gasteiger partial charge in [-0.3, -0.25) is 4.79 Å². The third-order valence-electron chi connectivity index (χ3n) is 2.54. The molecule has 0 aliphatic rings. The molecule has 84 valence electrons. The molecule has 0 radical (unpaired) electrons. The van der Waals surface area contributed by atoms with E-state index >= 15 is 0 Å². The number of fused-ring (bicyclic) bond motifs is 1. The molecule has 0 unspecified atom stereocenters. The molecule has 0 fully saturated rings. The summed E-state index contributed by atoms with van der Waals surface area (Å²) >= 11 is 0. The summed E-state index contributed by atoms with van der Waals surface area (Å²) in [6, 6.07) is 6.92. The molecule has 3 aromatic rings. The van der Waals surface area contributed by atoms with Crippen molar-refractivity contribution in [1.29, 1.82) is 0 Å². The van der Waals surface area contributed by atoms with Crippen molar-refractivity contribution in [2.45, 2.75) is 6.54 Å². The van der Waals surface area contributed by atoms with Crippen molar-refractivity contribution >= 4 is 11.0 Å². The number of nitrogens with zero attached hydrogens (tertiary/aromatic N) is 3. The van der Waals surface area contributed by atoms with E-state index in [1.807, 2.05) is 12.1 Å². The lowest BCUT2D eigenvalue weighted by Crippen LogP contribution is -2.02. The van der Waals surface area contributed by atoms with Gasteiger partial charge in [0, 0.05) is 6.07 Å². The SMILES string of the molecule is O=c1ccoc2cc(Cn3cncn3)ccc12. The van der Waals surface area contributed by atoms with Crippen LogP contribution in [0, 0.1) is 0 Å². The Kier molecular flexibility index (Phi) is 2.22. The maximum absolute atomic E-state index is 11.5. The average Bonchev–Trinajstić information content (AvgIpc) is 2.82. The van der Waals surface area contributed by atoms with Gasteiger partial charge in [-0.15, -0.1) is 0 Å². The van der Waals surface area contributed by atoms with Crippen LogP contribution in [0.4, 0.5) is 0 Å². The quantitative estimate of drug-likeness (QED) is 0.664. The smallest absolute Gasteiger partial charge is 0.192 e. The Morgan fingerprint density at radius 3 is 3.06 bits per heavy atom. The molecule has 5 nitrogen and oxygen atoms in total. The third kappa shape index (κ3) is 1.82. The fourth-order valence-corrected chi connectivity index (χ4v) is 1.73. The van der Waals surface area contributed by atoms with Crippen LogP contribution in [0.2, 0.25) is 0 Å². The van der Waals surface area contributed by atoms with E-state index in [-0.39, 0.29) is 5.43 Å². The Balaban J connectivity index is 2.05. The third-order valence-corrected chi connectivity index (χ3v) is 2.54. The zero-order chi connectivity index (χ0) is 11.7. The largest absolute Gasteiger partial charge is 0.464 e. The minimum atomic E-state index is -0.0291. The highest BCUT2D eigenvalue weighted by molar-refractivity contribution is 5.76. The number of hydrogen-bond donors (Lipinski definition) is 0. The zero-order valence-corrected chi connectivity index (χ0v) is 8.91. The fraction of sp³-hybridized carbons (Fsp3) is 0.0833. The second-order valence-electron chi connectivity index (χ2n) is 3.71. The highest BCUT2D eigenvalue weighted by Crippen LogP contribution is 2.13. The van der Waals surface area contributed by atoms with Gasteiger partial charge in [0.25, 0.3) is 0 Å². The van der Waals surface area contributed by atoms with E-state index in [9.17, 15) is 4.79 Å². The first-order chi connectivity index (χ1) is 8.33. The van der Waals surface area contributed by atoms with Crippen LogP contribution in [0.1, 0.15) is 5.56 Å². The first kappa shape index (κ1) is 9.77. The van der Waals surface area contributed by atoms with Crippen molar-refractivity contribution in [2.75, 3.05) is 0 Å². The molecule has 0 amide bonds. The molecule has 5 heteroatoms. The van der Waals surface area contributed by atoms with Crippen molar-refractivity contribution in [3.8, 4) is 0 Å². The Bertz CT molecular complexity index is 701. The molecule has 2 heterocycles. The lowest BCUT2D eigenvalue weighted by molar-refractivity contribution is 0.600. The highest BCUT2D eigenvalue weighted by Gasteiger charge is 2.02. The van der Waals surface area contributed by atoms with Gasteiger partial charge >= 0.3 is 0 Å². The van der Waals surface area contributed by atoms with Crippen LogP contribution in [0.25, 0.3) is 11.0 Å². The topological polar surface area (TPSA) is 60.9 Å². The zero-order valence-electron chi connectivity index (χ0n) is 8.91. The van der Waals surface area contributed by atoms with Gasteiger partial charge in [0.05, 0.1) is 18.2 Å². The lowest BCUT2D eigenvalue weighted by atomic mass is 10.1. The van der Waals surface area contributed by atoms with Crippen molar-refractivity contribution in [3.63, 3.8) is 0 Å². The molecule has 0 aliphatic heterocycles. The van der Waals surface area contributed by atoms with E-state index < -0.39 is 0 Å². The van der Waals surface area contributed by atoms with Gasteiger partial charge < -0.3 is 4.42 Å².